The number of carbonyl (C=O) groups is 1. The van der Waals surface area contributed by atoms with E-state index < -0.39 is 22.5 Å². The summed E-state index contributed by atoms with van der Waals surface area (Å²) in [6.45, 7) is -1.13. The number of nitrogens with zero attached hydrogens (tertiary/aromatic N) is 1. The minimum Gasteiger partial charge on any atom is -0.480 e. The zero-order valence-electron chi connectivity index (χ0n) is 9.51. The maximum absolute atomic E-state index is 12.3. The molecule has 0 aliphatic carbocycles. The number of aliphatic carboxylic acids is 1. The van der Waals surface area contributed by atoms with E-state index in [0.717, 1.165) is 6.07 Å². The lowest BCUT2D eigenvalue weighted by Crippen LogP contribution is -2.36. The number of hydrogen-bond donors (Lipinski definition) is 1. The van der Waals surface area contributed by atoms with Gasteiger partial charge in [-0.2, -0.15) is 4.31 Å². The molecule has 0 saturated carbocycles. The standard InChI is InChI=1S/C11H9Cl2NO4S/c1-2-5-14(7-11(15)16)19(17,18)10-6-8(12)3-4-9(10)13/h1,3-4,6H,5,7H2,(H,15,16). The Labute approximate surface area is 120 Å². The zero-order valence-corrected chi connectivity index (χ0v) is 11.8. The normalized spacial score (nSPS) is 11.3. The number of rotatable bonds is 5. The molecule has 1 N–H and O–H groups in total. The Morgan fingerprint density at radius 3 is 2.58 bits per heavy atom. The van der Waals surface area contributed by atoms with Crippen molar-refractivity contribution in [2.75, 3.05) is 13.1 Å². The first-order valence-electron chi connectivity index (χ1n) is 4.89. The molecule has 0 radical (unpaired) electrons. The molecule has 1 rings (SSSR count). The van der Waals surface area contributed by atoms with Gasteiger partial charge in [0.1, 0.15) is 11.4 Å². The number of hydrogen-bond acceptors (Lipinski definition) is 3. The van der Waals surface area contributed by atoms with Crippen molar-refractivity contribution in [2.45, 2.75) is 4.90 Å². The van der Waals surface area contributed by atoms with Gasteiger partial charge in [0.05, 0.1) is 11.6 Å². The summed E-state index contributed by atoms with van der Waals surface area (Å²) in [4.78, 5) is 10.4. The van der Waals surface area contributed by atoms with Crippen LogP contribution in [-0.2, 0) is 14.8 Å². The molecule has 0 spiro atoms. The van der Waals surface area contributed by atoms with Crippen molar-refractivity contribution >= 4 is 39.2 Å². The molecule has 0 fully saturated rings. The highest BCUT2D eigenvalue weighted by Gasteiger charge is 2.28. The van der Waals surface area contributed by atoms with Gasteiger partial charge in [-0.05, 0) is 18.2 Å². The first-order valence-corrected chi connectivity index (χ1v) is 7.09. The van der Waals surface area contributed by atoms with Gasteiger partial charge in [0, 0.05) is 5.02 Å². The summed E-state index contributed by atoms with van der Waals surface area (Å²) >= 11 is 11.5. The SMILES string of the molecule is C#CCN(CC(=O)O)S(=O)(=O)c1cc(Cl)ccc1Cl. The highest BCUT2D eigenvalue weighted by Crippen LogP contribution is 2.27. The number of benzene rings is 1. The summed E-state index contributed by atoms with van der Waals surface area (Å²) in [7, 11) is -4.12. The van der Waals surface area contributed by atoms with Gasteiger partial charge in [-0.3, -0.25) is 4.79 Å². The molecule has 19 heavy (non-hydrogen) atoms. The Kier molecular flexibility index (Phi) is 5.20. The second-order valence-electron chi connectivity index (χ2n) is 3.45. The second kappa shape index (κ2) is 6.26. The molecule has 0 aliphatic rings. The van der Waals surface area contributed by atoms with Gasteiger partial charge in [0.2, 0.25) is 10.0 Å². The van der Waals surface area contributed by atoms with E-state index in [1.807, 2.05) is 0 Å². The summed E-state index contributed by atoms with van der Waals surface area (Å²) in [6, 6.07) is 3.88. The van der Waals surface area contributed by atoms with Crippen LogP contribution in [0.1, 0.15) is 0 Å². The fourth-order valence-corrected chi connectivity index (χ4v) is 3.33. The fraction of sp³-hybridized carbons (Fsp3) is 0.182. The Balaban J connectivity index is 3.30. The van der Waals surface area contributed by atoms with Crippen LogP contribution in [-0.4, -0.2) is 36.9 Å². The number of terminal acetylenes is 1. The number of carboxylic acids is 1. The van der Waals surface area contributed by atoms with E-state index in [1.165, 1.54) is 12.1 Å². The number of halogens is 2. The van der Waals surface area contributed by atoms with E-state index >= 15 is 0 Å². The van der Waals surface area contributed by atoms with Crippen molar-refractivity contribution in [3.8, 4) is 12.3 Å². The first kappa shape index (κ1) is 15.8. The summed E-state index contributed by atoms with van der Waals surface area (Å²) in [6.07, 6.45) is 5.04. The number of sulfonamides is 1. The smallest absolute Gasteiger partial charge is 0.318 e. The lowest BCUT2D eigenvalue weighted by Gasteiger charge is -2.18. The van der Waals surface area contributed by atoms with Gasteiger partial charge < -0.3 is 5.11 Å². The summed E-state index contributed by atoms with van der Waals surface area (Å²) in [5.41, 5.74) is 0. The first-order chi connectivity index (χ1) is 8.78. The quantitative estimate of drug-likeness (QED) is 0.838. The molecule has 8 heteroatoms. The van der Waals surface area contributed by atoms with Crippen molar-refractivity contribution in [2.24, 2.45) is 0 Å². The monoisotopic (exact) mass is 321 g/mol. The van der Waals surface area contributed by atoms with Crippen LogP contribution in [0.15, 0.2) is 23.1 Å². The van der Waals surface area contributed by atoms with Crippen LogP contribution in [0, 0.1) is 12.3 Å². The summed E-state index contributed by atoms with van der Waals surface area (Å²) < 4.78 is 25.1. The van der Waals surface area contributed by atoms with Crippen LogP contribution in [0.2, 0.25) is 10.0 Å². The molecule has 0 heterocycles. The highest BCUT2D eigenvalue weighted by atomic mass is 35.5. The van der Waals surface area contributed by atoms with Crippen LogP contribution in [0.5, 0.6) is 0 Å². The van der Waals surface area contributed by atoms with Crippen molar-refractivity contribution in [3.05, 3.63) is 28.2 Å². The molecule has 0 atom stereocenters. The maximum atomic E-state index is 12.3. The Bertz CT molecular complexity index is 637. The summed E-state index contributed by atoms with van der Waals surface area (Å²) in [5, 5.41) is 8.82. The van der Waals surface area contributed by atoms with Crippen LogP contribution in [0.3, 0.4) is 0 Å². The molecule has 0 saturated heterocycles. The van der Waals surface area contributed by atoms with Crippen LogP contribution in [0.25, 0.3) is 0 Å². The third-order valence-electron chi connectivity index (χ3n) is 2.09. The van der Waals surface area contributed by atoms with E-state index in [9.17, 15) is 13.2 Å². The Morgan fingerprint density at radius 1 is 1.42 bits per heavy atom. The predicted octanol–water partition coefficient (Wildman–Crippen LogP) is 1.70. The predicted molar refractivity (Wildman–Crippen MR) is 71.7 cm³/mol. The van der Waals surface area contributed by atoms with Gasteiger partial charge in [0.25, 0.3) is 0 Å². The van der Waals surface area contributed by atoms with E-state index in [2.05, 4.69) is 5.92 Å². The molecular weight excluding hydrogens is 313 g/mol. The zero-order chi connectivity index (χ0) is 14.6. The molecule has 0 amide bonds. The molecule has 1 aromatic carbocycles. The molecule has 5 nitrogen and oxygen atoms in total. The van der Waals surface area contributed by atoms with Gasteiger partial charge in [-0.1, -0.05) is 29.1 Å². The van der Waals surface area contributed by atoms with Crippen molar-refractivity contribution < 1.29 is 18.3 Å². The van der Waals surface area contributed by atoms with E-state index in [-0.39, 0.29) is 21.5 Å². The topological polar surface area (TPSA) is 74.7 Å². The average molecular weight is 322 g/mol. The number of carboxylic acid groups (broad SMARTS) is 1. The van der Waals surface area contributed by atoms with Crippen molar-refractivity contribution in [1.82, 2.24) is 4.31 Å². The van der Waals surface area contributed by atoms with Crippen LogP contribution < -0.4 is 0 Å². The van der Waals surface area contributed by atoms with E-state index in [4.69, 9.17) is 34.7 Å². The lowest BCUT2D eigenvalue weighted by atomic mass is 10.4. The lowest BCUT2D eigenvalue weighted by molar-refractivity contribution is -0.137. The molecular formula is C11H9Cl2NO4S. The molecule has 1 aromatic rings. The van der Waals surface area contributed by atoms with Gasteiger partial charge in [-0.25, -0.2) is 8.42 Å². The minimum absolute atomic E-state index is 0.0585. The Hall–Kier alpha value is -1.26. The molecule has 0 bridgehead atoms. The molecule has 102 valence electrons. The molecule has 0 aliphatic heterocycles. The Morgan fingerprint density at radius 2 is 2.05 bits per heavy atom. The summed E-state index contributed by atoms with van der Waals surface area (Å²) in [5.74, 6) is 0.768. The highest BCUT2D eigenvalue weighted by molar-refractivity contribution is 7.89. The van der Waals surface area contributed by atoms with Crippen molar-refractivity contribution in [1.29, 1.82) is 0 Å². The third kappa shape index (κ3) is 3.85. The van der Waals surface area contributed by atoms with E-state index in [1.54, 1.807) is 0 Å². The van der Waals surface area contributed by atoms with Gasteiger partial charge in [0.15, 0.2) is 0 Å². The largest absolute Gasteiger partial charge is 0.480 e. The maximum Gasteiger partial charge on any atom is 0.318 e. The van der Waals surface area contributed by atoms with Crippen LogP contribution >= 0.6 is 23.2 Å². The third-order valence-corrected chi connectivity index (χ3v) is 4.60. The second-order valence-corrected chi connectivity index (χ2v) is 6.20. The minimum atomic E-state index is -4.12. The van der Waals surface area contributed by atoms with Crippen LogP contribution in [0.4, 0.5) is 0 Å². The van der Waals surface area contributed by atoms with Gasteiger partial charge >= 0.3 is 5.97 Å². The fourth-order valence-electron chi connectivity index (χ4n) is 1.29. The average Bonchev–Trinajstić information content (AvgIpc) is 2.31. The molecule has 0 unspecified atom stereocenters. The van der Waals surface area contributed by atoms with Crippen molar-refractivity contribution in [3.63, 3.8) is 0 Å². The van der Waals surface area contributed by atoms with Gasteiger partial charge in [-0.15, -0.1) is 6.42 Å². The molecule has 0 aromatic heterocycles. The van der Waals surface area contributed by atoms with E-state index in [0.29, 0.717) is 4.31 Å².